The molecule has 0 bridgehead atoms. The lowest BCUT2D eigenvalue weighted by molar-refractivity contribution is -0.139. The second-order valence-electron chi connectivity index (χ2n) is 13.8. The van der Waals surface area contributed by atoms with Gasteiger partial charge in [-0.25, -0.2) is 9.59 Å². The number of benzene rings is 4. The fraction of sp³-hybridized carbons (Fsp3) is 0.333. The number of unbranched alkanes of at least 4 members (excludes halogenated alkanes) is 1. The number of aliphatic carboxylic acids is 1. The van der Waals surface area contributed by atoms with Crippen molar-refractivity contribution in [3.05, 3.63) is 118 Å². The number of halogens is 2. The first-order chi connectivity index (χ1) is 26.5. The predicted molar refractivity (Wildman–Crippen MR) is 207 cm³/mol. The van der Waals surface area contributed by atoms with Gasteiger partial charge >= 0.3 is 11.9 Å². The van der Waals surface area contributed by atoms with Crippen LogP contribution in [-0.2, 0) is 26.3 Å². The third-order valence-corrected chi connectivity index (χ3v) is 10.6. The molecule has 55 heavy (non-hydrogen) atoms. The highest BCUT2D eigenvalue weighted by molar-refractivity contribution is 6.18. The smallest absolute Gasteiger partial charge is 0.340 e. The monoisotopic (exact) mass is 788 g/mol. The Balaban J connectivity index is 1.03. The molecule has 4 aromatic carbocycles. The van der Waals surface area contributed by atoms with Crippen LogP contribution in [0.5, 0.6) is 23.0 Å². The number of ether oxygens (including phenoxy) is 2. The molecule has 1 unspecified atom stereocenters. The van der Waals surface area contributed by atoms with Gasteiger partial charge in [-0.2, -0.15) is 0 Å². The number of phenolic OH excluding ortho intramolecular Hbond substituents is 2. The summed E-state index contributed by atoms with van der Waals surface area (Å²) in [5.41, 5.74) is 2.19. The number of hydrogen-bond donors (Lipinski definition) is 5. The summed E-state index contributed by atoms with van der Waals surface area (Å²) in [4.78, 5) is 51.4. The van der Waals surface area contributed by atoms with E-state index in [1.54, 1.807) is 12.1 Å². The summed E-state index contributed by atoms with van der Waals surface area (Å²) >= 11 is 11.9. The molecule has 2 amide bonds. The zero-order chi connectivity index (χ0) is 39.1. The molecule has 0 saturated heterocycles. The van der Waals surface area contributed by atoms with Crippen molar-refractivity contribution in [3.8, 4) is 23.0 Å². The van der Waals surface area contributed by atoms with E-state index in [1.165, 1.54) is 48.0 Å². The minimum atomic E-state index is -1.58. The number of amides is 2. The van der Waals surface area contributed by atoms with Crippen molar-refractivity contribution in [2.75, 3.05) is 18.3 Å². The van der Waals surface area contributed by atoms with Crippen molar-refractivity contribution in [2.45, 2.75) is 68.9 Å². The first-order valence-corrected chi connectivity index (χ1v) is 19.3. The summed E-state index contributed by atoms with van der Waals surface area (Å²) < 4.78 is 12.0. The number of phenols is 2. The van der Waals surface area contributed by atoms with Gasteiger partial charge < -0.3 is 35.4 Å². The van der Waals surface area contributed by atoms with Crippen molar-refractivity contribution in [1.29, 1.82) is 0 Å². The second kappa shape index (κ2) is 17.5. The van der Waals surface area contributed by atoms with Gasteiger partial charge in [-0.3, -0.25) is 9.59 Å². The molecule has 1 spiro atoms. The van der Waals surface area contributed by atoms with E-state index in [9.17, 15) is 34.5 Å². The van der Waals surface area contributed by atoms with Gasteiger partial charge in [0.25, 0.3) is 5.91 Å². The Bertz CT molecular complexity index is 2010. The van der Waals surface area contributed by atoms with E-state index in [-0.39, 0.29) is 46.5 Å². The highest BCUT2D eigenvalue weighted by Gasteiger charge is 2.54. The molecule has 0 fully saturated rings. The van der Waals surface area contributed by atoms with E-state index >= 15 is 0 Å². The average molecular weight is 790 g/mol. The SMILES string of the molecule is O=C(CCCc1ccc(C(CCCl)CCCl)cc1)NCCCCC(NC(=O)c1ccc2c(c1)C1(OC2=O)c2ccc(O)cc2Oc2cc(O)ccc21)C(=O)O. The van der Waals surface area contributed by atoms with Crippen molar-refractivity contribution in [1.82, 2.24) is 10.6 Å². The summed E-state index contributed by atoms with van der Waals surface area (Å²) in [6.07, 6.45) is 4.65. The lowest BCUT2D eigenvalue weighted by Gasteiger charge is -2.36. The first kappa shape index (κ1) is 39.4. The maximum atomic E-state index is 13.5. The van der Waals surface area contributed by atoms with E-state index < -0.39 is 29.5 Å². The number of rotatable bonds is 17. The summed E-state index contributed by atoms with van der Waals surface area (Å²) in [6.45, 7) is 0.374. The topological polar surface area (TPSA) is 171 Å². The van der Waals surface area contributed by atoms with E-state index in [0.717, 1.165) is 24.8 Å². The fourth-order valence-electron chi connectivity index (χ4n) is 7.28. The van der Waals surface area contributed by atoms with Gasteiger partial charge in [-0.1, -0.05) is 24.3 Å². The summed E-state index contributed by atoms with van der Waals surface area (Å²) in [7, 11) is 0. The molecule has 2 aliphatic rings. The zero-order valence-corrected chi connectivity index (χ0v) is 31.5. The molecule has 0 radical (unpaired) electrons. The standard InChI is InChI=1S/C42H42Cl2N2O9/c43-19-17-27(18-20-44)26-9-7-25(8-10-26)4-3-6-38(49)45-21-2-1-5-35(40(51)52)46-39(50)28-11-14-31-34(22-28)42(55-41(31)53)32-15-12-29(47)23-36(32)54-37-24-30(48)13-16-33(37)42/h7-16,22-24,27,35,47-48H,1-6,17-21H2,(H,45,49)(H,46,50)(H,51,52). The number of aromatic hydroxyl groups is 2. The van der Waals surface area contributed by atoms with E-state index in [0.29, 0.717) is 66.6 Å². The van der Waals surface area contributed by atoms with Gasteiger partial charge in [0.1, 0.15) is 29.0 Å². The summed E-state index contributed by atoms with van der Waals surface area (Å²) in [5, 5.41) is 35.8. The van der Waals surface area contributed by atoms with Gasteiger partial charge in [-0.05, 0) is 104 Å². The Hall–Kier alpha value is -5.26. The molecule has 0 aromatic heterocycles. The maximum absolute atomic E-state index is 13.5. The number of aryl methyl sites for hydroxylation is 1. The largest absolute Gasteiger partial charge is 0.508 e. The van der Waals surface area contributed by atoms with Crippen LogP contribution in [0.3, 0.4) is 0 Å². The summed E-state index contributed by atoms with van der Waals surface area (Å²) in [5.74, 6) is -0.917. The van der Waals surface area contributed by atoms with Gasteiger partial charge in [0.05, 0.1) is 5.56 Å². The highest BCUT2D eigenvalue weighted by Crippen LogP contribution is 2.57. The molecule has 4 aromatic rings. The molecular formula is C42H42Cl2N2O9. The molecule has 6 rings (SSSR count). The normalized spacial score (nSPS) is 14.0. The van der Waals surface area contributed by atoms with Crippen LogP contribution in [0.15, 0.2) is 78.9 Å². The van der Waals surface area contributed by atoms with Gasteiger partial charge in [0, 0.05) is 59.1 Å². The highest BCUT2D eigenvalue weighted by atomic mass is 35.5. The molecule has 13 heteroatoms. The number of carbonyl (C=O) groups excluding carboxylic acids is 3. The van der Waals surface area contributed by atoms with Crippen LogP contribution < -0.4 is 15.4 Å². The van der Waals surface area contributed by atoms with Crippen LogP contribution in [-0.4, -0.2) is 63.4 Å². The number of fused-ring (bicyclic) bond motifs is 6. The molecule has 2 heterocycles. The number of esters is 1. The number of alkyl halides is 2. The molecule has 288 valence electrons. The lowest BCUT2D eigenvalue weighted by Crippen LogP contribution is -2.41. The first-order valence-electron chi connectivity index (χ1n) is 18.3. The molecule has 11 nitrogen and oxygen atoms in total. The third kappa shape index (κ3) is 8.68. The Kier molecular flexibility index (Phi) is 12.5. The Morgan fingerprint density at radius 2 is 1.42 bits per heavy atom. The van der Waals surface area contributed by atoms with Crippen molar-refractivity contribution < 1.29 is 44.0 Å². The van der Waals surface area contributed by atoms with E-state index in [4.69, 9.17) is 32.7 Å². The zero-order valence-electron chi connectivity index (χ0n) is 30.0. The lowest BCUT2D eigenvalue weighted by atomic mass is 9.77. The van der Waals surface area contributed by atoms with Crippen LogP contribution >= 0.6 is 23.2 Å². The van der Waals surface area contributed by atoms with Gasteiger partial charge in [-0.15, -0.1) is 23.2 Å². The second-order valence-corrected chi connectivity index (χ2v) is 14.5. The van der Waals surface area contributed by atoms with E-state index in [2.05, 4.69) is 34.9 Å². The van der Waals surface area contributed by atoms with Crippen molar-refractivity contribution in [3.63, 3.8) is 0 Å². The Labute approximate surface area is 328 Å². The minimum absolute atomic E-state index is 0.0794. The van der Waals surface area contributed by atoms with Crippen LogP contribution in [0, 0.1) is 0 Å². The van der Waals surface area contributed by atoms with Gasteiger partial charge in [0.15, 0.2) is 5.60 Å². The molecular weight excluding hydrogens is 747 g/mol. The van der Waals surface area contributed by atoms with Crippen LogP contribution in [0.2, 0.25) is 0 Å². The number of carbonyl (C=O) groups is 4. The maximum Gasteiger partial charge on any atom is 0.340 e. The van der Waals surface area contributed by atoms with Crippen LogP contribution in [0.25, 0.3) is 0 Å². The fourth-order valence-corrected chi connectivity index (χ4v) is 7.81. The van der Waals surface area contributed by atoms with Gasteiger partial charge in [0.2, 0.25) is 5.91 Å². The van der Waals surface area contributed by atoms with Crippen molar-refractivity contribution in [2.24, 2.45) is 0 Å². The van der Waals surface area contributed by atoms with Crippen LogP contribution in [0.4, 0.5) is 0 Å². The van der Waals surface area contributed by atoms with Crippen molar-refractivity contribution >= 4 is 47.0 Å². The van der Waals surface area contributed by atoms with Crippen LogP contribution in [0.1, 0.15) is 99.4 Å². The number of nitrogens with one attached hydrogen (secondary N) is 2. The Morgan fingerprint density at radius 3 is 2.04 bits per heavy atom. The predicted octanol–water partition coefficient (Wildman–Crippen LogP) is 7.50. The molecule has 0 saturated carbocycles. The molecule has 1 atom stereocenters. The Morgan fingerprint density at radius 1 is 0.764 bits per heavy atom. The average Bonchev–Trinajstić information content (AvgIpc) is 3.45. The minimum Gasteiger partial charge on any atom is -0.508 e. The quantitative estimate of drug-likeness (QED) is 0.0413. The number of hydrogen-bond acceptors (Lipinski definition) is 8. The molecule has 0 aliphatic carbocycles. The third-order valence-electron chi connectivity index (χ3n) is 10.1. The summed E-state index contributed by atoms with van der Waals surface area (Å²) in [6, 6.07) is 20.2. The molecule has 5 N–H and O–H groups in total. The molecule has 2 aliphatic heterocycles. The number of carboxylic acid groups (broad SMARTS) is 1. The number of carboxylic acids is 1. The van der Waals surface area contributed by atoms with E-state index in [1.807, 2.05) is 0 Å².